The summed E-state index contributed by atoms with van der Waals surface area (Å²) in [6.45, 7) is 0. The zero-order valence-corrected chi connectivity index (χ0v) is 13.0. The largest absolute Gasteiger partial charge is 0.457 e. The fourth-order valence-corrected chi connectivity index (χ4v) is 2.77. The normalized spacial score (nSPS) is 10.9. The predicted octanol–water partition coefficient (Wildman–Crippen LogP) is 2.97. The van der Waals surface area contributed by atoms with E-state index in [2.05, 4.69) is 9.97 Å². The number of aromatic amines is 1. The number of H-pyrrole nitrogens is 1. The molecule has 4 rings (SSSR count). The molecule has 0 radical (unpaired) electrons. The number of aromatic nitrogens is 2. The highest BCUT2D eigenvalue weighted by Crippen LogP contribution is 2.32. The van der Waals surface area contributed by atoms with Crippen LogP contribution in [0.5, 0.6) is 11.5 Å². The number of benzene rings is 2. The lowest BCUT2D eigenvalue weighted by molar-refractivity contribution is 0.100. The van der Waals surface area contributed by atoms with Crippen molar-refractivity contribution in [2.45, 2.75) is 0 Å². The predicted molar refractivity (Wildman–Crippen MR) is 94.9 cm³/mol. The third-order valence-electron chi connectivity index (χ3n) is 3.95. The van der Waals surface area contributed by atoms with Crippen LogP contribution >= 0.6 is 0 Å². The summed E-state index contributed by atoms with van der Waals surface area (Å²) in [5.41, 5.74) is 5.91. The third kappa shape index (κ3) is 2.59. The van der Waals surface area contributed by atoms with E-state index in [4.69, 9.17) is 10.5 Å². The van der Waals surface area contributed by atoms with Gasteiger partial charge in [0.2, 0.25) is 5.91 Å². The number of ether oxygens (including phenoxy) is 1. The number of carbonyl (C=O) groups excluding carboxylic acids is 1. The average molecular weight is 331 g/mol. The van der Waals surface area contributed by atoms with Gasteiger partial charge in [0.05, 0.1) is 5.39 Å². The molecule has 0 aliphatic rings. The summed E-state index contributed by atoms with van der Waals surface area (Å²) in [5, 5.41) is 2.05. The van der Waals surface area contributed by atoms with Gasteiger partial charge in [-0.2, -0.15) is 0 Å². The number of pyridine rings is 2. The Morgan fingerprint density at radius 2 is 1.72 bits per heavy atom. The summed E-state index contributed by atoms with van der Waals surface area (Å²) in [5.74, 6) is 0.613. The van der Waals surface area contributed by atoms with Crippen LogP contribution in [0.1, 0.15) is 10.4 Å². The maximum Gasteiger partial charge on any atom is 0.257 e. The maximum absolute atomic E-state index is 12.2. The van der Waals surface area contributed by atoms with Crippen LogP contribution in [-0.4, -0.2) is 15.9 Å². The van der Waals surface area contributed by atoms with Crippen molar-refractivity contribution in [1.29, 1.82) is 0 Å². The van der Waals surface area contributed by atoms with E-state index >= 15 is 0 Å². The van der Waals surface area contributed by atoms with Gasteiger partial charge in [-0.15, -0.1) is 0 Å². The quantitative estimate of drug-likeness (QED) is 0.564. The van der Waals surface area contributed by atoms with Crippen molar-refractivity contribution in [3.8, 4) is 11.5 Å². The van der Waals surface area contributed by atoms with Crippen LogP contribution in [0.4, 0.5) is 0 Å². The number of hydrogen-bond acceptors (Lipinski definition) is 4. The molecule has 0 atom stereocenters. The molecule has 0 saturated heterocycles. The second-order valence-corrected chi connectivity index (χ2v) is 5.52. The van der Waals surface area contributed by atoms with Crippen molar-refractivity contribution < 1.29 is 9.53 Å². The molecule has 2 heterocycles. The topological polar surface area (TPSA) is 98.1 Å². The van der Waals surface area contributed by atoms with Crippen LogP contribution in [-0.2, 0) is 0 Å². The zero-order valence-electron chi connectivity index (χ0n) is 13.0. The first-order valence-electron chi connectivity index (χ1n) is 7.61. The van der Waals surface area contributed by atoms with Crippen LogP contribution in [0.3, 0.4) is 0 Å². The minimum Gasteiger partial charge on any atom is -0.457 e. The van der Waals surface area contributed by atoms with E-state index in [9.17, 15) is 9.59 Å². The number of nitrogens with zero attached hydrogens (tertiary/aromatic N) is 1. The molecule has 0 bridgehead atoms. The number of carbonyl (C=O) groups is 1. The van der Waals surface area contributed by atoms with E-state index in [1.807, 2.05) is 18.2 Å². The van der Waals surface area contributed by atoms with Gasteiger partial charge >= 0.3 is 0 Å². The molecule has 3 N–H and O–H groups in total. The van der Waals surface area contributed by atoms with E-state index in [1.165, 1.54) is 0 Å². The number of rotatable bonds is 3. The van der Waals surface area contributed by atoms with E-state index in [-0.39, 0.29) is 5.56 Å². The van der Waals surface area contributed by atoms with Gasteiger partial charge in [-0.1, -0.05) is 18.2 Å². The van der Waals surface area contributed by atoms with Gasteiger partial charge in [0, 0.05) is 22.5 Å². The van der Waals surface area contributed by atoms with E-state index in [1.54, 1.807) is 42.6 Å². The Morgan fingerprint density at radius 1 is 1.00 bits per heavy atom. The lowest BCUT2D eigenvalue weighted by atomic mass is 10.1. The number of fused-ring (bicyclic) bond motifs is 3. The lowest BCUT2D eigenvalue weighted by Gasteiger charge is -2.10. The second kappa shape index (κ2) is 5.76. The molecular weight excluding hydrogens is 318 g/mol. The van der Waals surface area contributed by atoms with E-state index in [0.29, 0.717) is 28.1 Å². The SMILES string of the molecule is NC(=O)c1ccc(Oc2ccnc3[nH]c(=O)c4ccccc4c23)cc1. The van der Waals surface area contributed by atoms with Gasteiger partial charge in [0.1, 0.15) is 17.1 Å². The second-order valence-electron chi connectivity index (χ2n) is 5.52. The summed E-state index contributed by atoms with van der Waals surface area (Å²) in [6, 6.07) is 15.5. The fraction of sp³-hybridized carbons (Fsp3) is 0. The van der Waals surface area contributed by atoms with Crippen LogP contribution < -0.4 is 16.0 Å². The molecule has 0 fully saturated rings. The smallest absolute Gasteiger partial charge is 0.257 e. The highest BCUT2D eigenvalue weighted by molar-refractivity contribution is 6.07. The molecule has 6 heteroatoms. The Balaban J connectivity index is 1.88. The van der Waals surface area contributed by atoms with Crippen molar-refractivity contribution >= 4 is 27.7 Å². The van der Waals surface area contributed by atoms with Gasteiger partial charge < -0.3 is 15.5 Å². The van der Waals surface area contributed by atoms with Crippen LogP contribution in [0.25, 0.3) is 21.8 Å². The first-order valence-corrected chi connectivity index (χ1v) is 7.61. The van der Waals surface area contributed by atoms with Crippen molar-refractivity contribution in [1.82, 2.24) is 9.97 Å². The molecule has 2 aromatic carbocycles. The molecule has 0 unspecified atom stereocenters. The molecule has 6 nitrogen and oxygen atoms in total. The number of nitrogens with one attached hydrogen (secondary N) is 1. The van der Waals surface area contributed by atoms with Gasteiger partial charge in [0.25, 0.3) is 5.56 Å². The van der Waals surface area contributed by atoms with E-state index in [0.717, 1.165) is 10.8 Å². The van der Waals surface area contributed by atoms with Gasteiger partial charge in [-0.05, 0) is 36.4 Å². The minimum atomic E-state index is -0.496. The number of hydrogen-bond donors (Lipinski definition) is 2. The molecule has 25 heavy (non-hydrogen) atoms. The monoisotopic (exact) mass is 331 g/mol. The van der Waals surface area contributed by atoms with Crippen molar-refractivity contribution in [2.24, 2.45) is 5.73 Å². The van der Waals surface area contributed by atoms with Gasteiger partial charge in [-0.3, -0.25) is 9.59 Å². The Hall–Kier alpha value is -3.67. The van der Waals surface area contributed by atoms with Crippen molar-refractivity contribution in [2.75, 3.05) is 0 Å². The summed E-state index contributed by atoms with van der Waals surface area (Å²) in [6.07, 6.45) is 1.57. The number of primary amides is 1. The lowest BCUT2D eigenvalue weighted by Crippen LogP contribution is -2.10. The van der Waals surface area contributed by atoms with Crippen LogP contribution in [0.2, 0.25) is 0 Å². The molecule has 0 aliphatic carbocycles. The Labute approximate surface area is 141 Å². The summed E-state index contributed by atoms with van der Waals surface area (Å²) in [4.78, 5) is 30.4. The zero-order chi connectivity index (χ0) is 17.4. The number of nitrogens with two attached hydrogens (primary N) is 1. The molecule has 4 aromatic rings. The summed E-state index contributed by atoms with van der Waals surface area (Å²) in [7, 11) is 0. The Bertz CT molecular complexity index is 1160. The first kappa shape index (κ1) is 14.9. The molecule has 122 valence electrons. The molecule has 0 spiro atoms. The molecular formula is C19H13N3O3. The standard InChI is InChI=1S/C19H13N3O3/c20-17(23)11-5-7-12(8-6-11)25-15-9-10-21-18-16(15)13-3-1-2-4-14(13)19(24)22-18/h1-10H,(H2,20,23)(H,21,22,24). The maximum atomic E-state index is 12.2. The van der Waals surface area contributed by atoms with Gasteiger partial charge in [0.15, 0.2) is 0 Å². The number of amides is 1. The minimum absolute atomic E-state index is 0.196. The summed E-state index contributed by atoms with van der Waals surface area (Å²) < 4.78 is 5.96. The van der Waals surface area contributed by atoms with Crippen LogP contribution in [0, 0.1) is 0 Å². The highest BCUT2D eigenvalue weighted by atomic mass is 16.5. The van der Waals surface area contributed by atoms with Crippen LogP contribution in [0.15, 0.2) is 65.6 Å². The molecule has 0 saturated carbocycles. The average Bonchev–Trinajstić information content (AvgIpc) is 2.62. The van der Waals surface area contributed by atoms with E-state index < -0.39 is 5.91 Å². The molecule has 1 amide bonds. The van der Waals surface area contributed by atoms with Crippen molar-refractivity contribution in [3.05, 3.63) is 76.7 Å². The molecule has 0 aliphatic heterocycles. The van der Waals surface area contributed by atoms with Gasteiger partial charge in [-0.25, -0.2) is 4.98 Å². The third-order valence-corrected chi connectivity index (χ3v) is 3.95. The Morgan fingerprint density at radius 3 is 2.44 bits per heavy atom. The molecule has 2 aromatic heterocycles. The summed E-state index contributed by atoms with van der Waals surface area (Å²) >= 11 is 0. The van der Waals surface area contributed by atoms with Crippen molar-refractivity contribution in [3.63, 3.8) is 0 Å². The fourth-order valence-electron chi connectivity index (χ4n) is 2.77. The first-order chi connectivity index (χ1) is 12.1. The Kier molecular flexibility index (Phi) is 3.43. The highest BCUT2D eigenvalue weighted by Gasteiger charge is 2.11.